The van der Waals surface area contributed by atoms with Crippen molar-refractivity contribution in [1.82, 2.24) is 14.7 Å². The van der Waals surface area contributed by atoms with Crippen LogP contribution in [0.3, 0.4) is 0 Å². The maximum atomic E-state index is 12.7. The largest absolute Gasteiger partial charge is 0.289 e. The molecule has 160 valence electrons. The number of amides is 1. The quantitative estimate of drug-likeness (QED) is 0.501. The van der Waals surface area contributed by atoms with Crippen molar-refractivity contribution in [2.24, 2.45) is 0 Å². The van der Waals surface area contributed by atoms with E-state index in [9.17, 15) is 13.2 Å². The van der Waals surface area contributed by atoms with Crippen LogP contribution in [0.4, 0.5) is 0 Å². The highest BCUT2D eigenvalue weighted by Crippen LogP contribution is 2.23. The highest BCUT2D eigenvalue weighted by atomic mass is 35.5. The van der Waals surface area contributed by atoms with E-state index in [-0.39, 0.29) is 18.8 Å². The first kappa shape index (κ1) is 22.5. The summed E-state index contributed by atoms with van der Waals surface area (Å²) in [6.07, 6.45) is 3.37. The molecule has 1 amide bonds. The second-order valence-corrected chi connectivity index (χ2v) is 9.41. The van der Waals surface area contributed by atoms with E-state index in [1.807, 2.05) is 47.4 Å². The highest BCUT2D eigenvalue weighted by Gasteiger charge is 2.33. The molecule has 1 fully saturated rings. The minimum Gasteiger partial charge on any atom is -0.289 e. The van der Waals surface area contributed by atoms with E-state index in [1.54, 1.807) is 29.8 Å². The second-order valence-electron chi connectivity index (χ2n) is 6.96. The van der Waals surface area contributed by atoms with Crippen molar-refractivity contribution in [2.75, 3.05) is 31.9 Å². The van der Waals surface area contributed by atoms with Crippen molar-refractivity contribution in [3.8, 4) is 0 Å². The van der Waals surface area contributed by atoms with Gasteiger partial charge in [0.2, 0.25) is 10.0 Å². The molecule has 1 atom stereocenters. The molecule has 0 radical (unpaired) electrons. The number of nitrogens with one attached hydrogen (secondary N) is 1. The van der Waals surface area contributed by atoms with Crippen LogP contribution in [0.5, 0.6) is 0 Å². The number of halogens is 1. The summed E-state index contributed by atoms with van der Waals surface area (Å²) < 4.78 is 26.8. The Morgan fingerprint density at radius 2 is 1.70 bits per heavy atom. The number of hydrogen-bond acceptors (Lipinski definition) is 5. The van der Waals surface area contributed by atoms with Gasteiger partial charge < -0.3 is 0 Å². The molecule has 0 aliphatic carbocycles. The normalized spacial score (nSPS) is 17.1. The summed E-state index contributed by atoms with van der Waals surface area (Å²) in [6, 6.07) is 15.6. The smallest absolute Gasteiger partial charge is 0.265 e. The molecule has 2 aromatic rings. The van der Waals surface area contributed by atoms with Crippen LogP contribution in [0, 0.1) is 0 Å². The lowest BCUT2D eigenvalue weighted by Crippen LogP contribution is -2.52. The molecule has 2 aromatic carbocycles. The molecule has 7 nitrogen and oxygen atoms in total. The molecule has 1 unspecified atom stereocenters. The van der Waals surface area contributed by atoms with Crippen molar-refractivity contribution in [3.05, 3.63) is 76.8 Å². The van der Waals surface area contributed by atoms with Crippen molar-refractivity contribution < 1.29 is 18.4 Å². The summed E-state index contributed by atoms with van der Waals surface area (Å²) in [4.78, 5) is 14.1. The van der Waals surface area contributed by atoms with Crippen molar-refractivity contribution in [1.29, 1.82) is 0 Å². The lowest BCUT2D eigenvalue weighted by Gasteiger charge is -2.37. The number of carbonyl (C=O) groups is 1. The zero-order valence-corrected chi connectivity index (χ0v) is 17.9. The molecule has 3 rings (SSSR count). The number of hydroxylamine groups is 1. The molecule has 0 spiro atoms. The van der Waals surface area contributed by atoms with Crippen LogP contribution < -0.4 is 5.48 Å². The van der Waals surface area contributed by atoms with Gasteiger partial charge in [-0.2, -0.15) is 4.31 Å². The van der Waals surface area contributed by atoms with Gasteiger partial charge in [-0.15, -0.1) is 0 Å². The minimum absolute atomic E-state index is 0.102. The monoisotopic (exact) mass is 449 g/mol. The molecule has 30 heavy (non-hydrogen) atoms. The fourth-order valence-corrected chi connectivity index (χ4v) is 4.85. The summed E-state index contributed by atoms with van der Waals surface area (Å²) >= 11 is 5.85. The Morgan fingerprint density at radius 1 is 1.07 bits per heavy atom. The third-order valence-electron chi connectivity index (χ3n) is 4.99. The molecular weight excluding hydrogens is 426 g/mol. The van der Waals surface area contributed by atoms with Crippen LogP contribution in [0.2, 0.25) is 5.02 Å². The van der Waals surface area contributed by atoms with Gasteiger partial charge in [0.25, 0.3) is 5.91 Å². The molecule has 0 bridgehead atoms. The van der Waals surface area contributed by atoms with E-state index in [0.29, 0.717) is 18.1 Å². The van der Waals surface area contributed by atoms with Gasteiger partial charge in [-0.3, -0.25) is 14.9 Å². The topological polar surface area (TPSA) is 89.9 Å². The van der Waals surface area contributed by atoms with Crippen LogP contribution in [-0.2, 0) is 14.8 Å². The third-order valence-corrected chi connectivity index (χ3v) is 7.01. The molecule has 2 N–H and O–H groups in total. The number of nitrogens with zero attached hydrogens (tertiary/aromatic N) is 2. The zero-order valence-electron chi connectivity index (χ0n) is 16.3. The Morgan fingerprint density at radius 3 is 2.30 bits per heavy atom. The van der Waals surface area contributed by atoms with Gasteiger partial charge in [0.15, 0.2) is 0 Å². The van der Waals surface area contributed by atoms with Crippen LogP contribution in [0.1, 0.15) is 17.2 Å². The first-order valence-corrected chi connectivity index (χ1v) is 11.5. The van der Waals surface area contributed by atoms with Gasteiger partial charge >= 0.3 is 0 Å². The summed E-state index contributed by atoms with van der Waals surface area (Å²) in [5.74, 6) is -0.641. The summed E-state index contributed by atoms with van der Waals surface area (Å²) in [7, 11) is -3.46. The average molecular weight is 450 g/mol. The Balaban J connectivity index is 1.61. The number of sulfonamides is 1. The van der Waals surface area contributed by atoms with Gasteiger partial charge in [0.05, 0.1) is 5.75 Å². The van der Waals surface area contributed by atoms with Crippen molar-refractivity contribution >= 4 is 33.6 Å². The Bertz CT molecular complexity index is 973. The summed E-state index contributed by atoms with van der Waals surface area (Å²) in [6.45, 7) is 1.32. The predicted molar refractivity (Wildman–Crippen MR) is 117 cm³/mol. The molecule has 1 aliphatic heterocycles. The SMILES string of the molecule is O=C(NO)C(c1ccccc1)N1CCN(S(=O)(=O)CC=Cc2ccc(Cl)cc2)CC1. The summed E-state index contributed by atoms with van der Waals surface area (Å²) in [5.41, 5.74) is 3.34. The lowest BCUT2D eigenvalue weighted by atomic mass is 10.0. The fourth-order valence-electron chi connectivity index (χ4n) is 3.45. The number of piperazine rings is 1. The zero-order chi connectivity index (χ0) is 21.6. The summed E-state index contributed by atoms with van der Waals surface area (Å²) in [5, 5.41) is 9.76. The van der Waals surface area contributed by atoms with E-state index in [0.717, 1.165) is 11.1 Å². The van der Waals surface area contributed by atoms with Gasteiger partial charge in [-0.25, -0.2) is 13.9 Å². The van der Waals surface area contributed by atoms with Gasteiger partial charge in [-0.1, -0.05) is 66.2 Å². The van der Waals surface area contributed by atoms with E-state index >= 15 is 0 Å². The Labute approximate surface area is 181 Å². The minimum atomic E-state index is -3.46. The maximum Gasteiger partial charge on any atom is 0.265 e. The van der Waals surface area contributed by atoms with Gasteiger partial charge in [0, 0.05) is 31.2 Å². The molecule has 1 heterocycles. The number of carbonyl (C=O) groups excluding carboxylic acids is 1. The number of rotatable bonds is 7. The van der Waals surface area contributed by atoms with Crippen LogP contribution >= 0.6 is 11.6 Å². The molecule has 1 saturated heterocycles. The van der Waals surface area contributed by atoms with Crippen molar-refractivity contribution in [2.45, 2.75) is 6.04 Å². The second kappa shape index (κ2) is 10.2. The van der Waals surface area contributed by atoms with E-state index in [4.69, 9.17) is 16.8 Å². The number of hydrogen-bond donors (Lipinski definition) is 2. The van der Waals surface area contributed by atoms with Gasteiger partial charge in [-0.05, 0) is 23.3 Å². The number of benzene rings is 2. The van der Waals surface area contributed by atoms with Crippen LogP contribution in [0.15, 0.2) is 60.7 Å². The standard InChI is InChI=1S/C21H24ClN3O4S/c22-19-10-8-17(9-11-19)5-4-16-30(28,29)25-14-12-24(13-15-25)20(21(26)23-27)18-6-2-1-3-7-18/h1-11,20,27H,12-16H2,(H,23,26). The Hall–Kier alpha value is -2.23. The maximum absolute atomic E-state index is 12.7. The highest BCUT2D eigenvalue weighted by molar-refractivity contribution is 7.89. The first-order chi connectivity index (χ1) is 14.4. The fraction of sp³-hybridized carbons (Fsp3) is 0.286. The third kappa shape index (κ3) is 5.68. The molecule has 1 aliphatic rings. The van der Waals surface area contributed by atoms with E-state index < -0.39 is 22.0 Å². The average Bonchev–Trinajstić information content (AvgIpc) is 2.76. The van der Waals surface area contributed by atoms with Crippen LogP contribution in [-0.4, -0.2) is 60.7 Å². The van der Waals surface area contributed by atoms with E-state index in [2.05, 4.69) is 0 Å². The Kier molecular flexibility index (Phi) is 7.63. The molecule has 0 aromatic heterocycles. The predicted octanol–water partition coefficient (Wildman–Crippen LogP) is 2.55. The lowest BCUT2D eigenvalue weighted by molar-refractivity contribution is -0.135. The van der Waals surface area contributed by atoms with Crippen molar-refractivity contribution in [3.63, 3.8) is 0 Å². The molecule has 9 heteroatoms. The first-order valence-electron chi connectivity index (χ1n) is 9.53. The van der Waals surface area contributed by atoms with E-state index in [1.165, 1.54) is 4.31 Å². The molecule has 0 saturated carbocycles. The van der Waals surface area contributed by atoms with Gasteiger partial charge in [0.1, 0.15) is 6.04 Å². The van der Waals surface area contributed by atoms with Crippen LogP contribution in [0.25, 0.3) is 6.08 Å². The molecular formula is C21H24ClN3O4S.